The van der Waals surface area contributed by atoms with E-state index in [-0.39, 0.29) is 17.7 Å². The number of carbonyl (C=O) groups is 3. The first-order chi connectivity index (χ1) is 8.52. The molecule has 1 aromatic rings. The lowest BCUT2D eigenvalue weighted by Crippen LogP contribution is -2.33. The number of esters is 2. The van der Waals surface area contributed by atoms with E-state index in [1.165, 1.54) is 19.2 Å². The van der Waals surface area contributed by atoms with Crippen molar-refractivity contribution in [2.45, 2.75) is 12.5 Å². The van der Waals surface area contributed by atoms with Crippen molar-refractivity contribution in [1.82, 2.24) is 0 Å². The number of rotatable bonds is 3. The number of carbonyl (C=O) groups excluding carboxylic acids is 3. The maximum atomic E-state index is 11.3. The van der Waals surface area contributed by atoms with E-state index in [4.69, 9.17) is 10.5 Å². The minimum atomic E-state index is -0.889. The average molecular weight is 249 g/mol. The number of benzene rings is 1. The molecule has 0 unspecified atom stereocenters. The third-order valence-electron chi connectivity index (χ3n) is 2.64. The molecular formula is C12H11NO5. The zero-order valence-electron chi connectivity index (χ0n) is 9.64. The number of Topliss-reactive ketones (excluding diaryl/α,β-unsaturated/α-hetero) is 1. The third-order valence-corrected chi connectivity index (χ3v) is 2.64. The van der Waals surface area contributed by atoms with Gasteiger partial charge < -0.3 is 15.2 Å². The van der Waals surface area contributed by atoms with Crippen LogP contribution in [-0.4, -0.2) is 30.9 Å². The Kier molecular flexibility index (Phi) is 3.12. The zero-order valence-corrected chi connectivity index (χ0v) is 9.64. The summed E-state index contributed by atoms with van der Waals surface area (Å²) in [6.07, 6.45) is 0.242. The van der Waals surface area contributed by atoms with Crippen LogP contribution in [0.5, 0.6) is 5.75 Å². The molecule has 0 aliphatic carbocycles. The van der Waals surface area contributed by atoms with E-state index in [2.05, 4.69) is 4.74 Å². The molecule has 1 heterocycles. The lowest BCUT2D eigenvalue weighted by molar-refractivity contribution is -0.142. The second kappa shape index (κ2) is 4.58. The Balaban J connectivity index is 2.19. The van der Waals surface area contributed by atoms with Crippen LogP contribution in [0.1, 0.15) is 15.9 Å². The van der Waals surface area contributed by atoms with E-state index in [0.29, 0.717) is 5.56 Å². The van der Waals surface area contributed by atoms with Crippen LogP contribution in [0.25, 0.3) is 0 Å². The molecule has 1 aliphatic heterocycles. The van der Waals surface area contributed by atoms with Gasteiger partial charge in [-0.25, -0.2) is 4.79 Å². The van der Waals surface area contributed by atoms with E-state index >= 15 is 0 Å². The summed E-state index contributed by atoms with van der Waals surface area (Å²) >= 11 is 0. The molecule has 1 aliphatic rings. The van der Waals surface area contributed by atoms with Crippen LogP contribution >= 0.6 is 0 Å². The van der Waals surface area contributed by atoms with Gasteiger partial charge in [0.25, 0.3) is 5.78 Å². The molecule has 0 saturated carbocycles. The molecule has 6 nitrogen and oxygen atoms in total. The molecule has 0 amide bonds. The Hall–Kier alpha value is -2.21. The van der Waals surface area contributed by atoms with Crippen LogP contribution in [0.4, 0.5) is 0 Å². The summed E-state index contributed by atoms with van der Waals surface area (Å²) in [5, 5.41) is 0. The molecular weight excluding hydrogens is 238 g/mol. The summed E-state index contributed by atoms with van der Waals surface area (Å²) in [5.41, 5.74) is 6.53. The van der Waals surface area contributed by atoms with Crippen molar-refractivity contribution in [3.05, 3.63) is 29.3 Å². The van der Waals surface area contributed by atoms with Gasteiger partial charge in [-0.05, 0) is 24.1 Å². The van der Waals surface area contributed by atoms with Gasteiger partial charge >= 0.3 is 11.9 Å². The summed E-state index contributed by atoms with van der Waals surface area (Å²) in [7, 11) is 1.26. The van der Waals surface area contributed by atoms with Crippen molar-refractivity contribution in [3.63, 3.8) is 0 Å². The lowest BCUT2D eigenvalue weighted by atomic mass is 10.0. The lowest BCUT2D eigenvalue weighted by Gasteiger charge is -2.09. The van der Waals surface area contributed by atoms with Crippen LogP contribution in [-0.2, 0) is 20.7 Å². The van der Waals surface area contributed by atoms with E-state index < -0.39 is 23.8 Å². The highest BCUT2D eigenvalue weighted by Gasteiger charge is 2.31. The first-order valence-corrected chi connectivity index (χ1v) is 5.25. The summed E-state index contributed by atoms with van der Waals surface area (Å²) in [5.74, 6) is -1.86. The minimum absolute atomic E-state index is 0.208. The molecule has 0 aromatic heterocycles. The fraction of sp³-hybridized carbons (Fsp3) is 0.250. The molecule has 0 bridgehead atoms. The fourth-order valence-corrected chi connectivity index (χ4v) is 1.71. The van der Waals surface area contributed by atoms with Gasteiger partial charge in [0.05, 0.1) is 12.7 Å². The van der Waals surface area contributed by atoms with Gasteiger partial charge in [0, 0.05) is 0 Å². The van der Waals surface area contributed by atoms with Crippen molar-refractivity contribution in [2.24, 2.45) is 5.73 Å². The van der Waals surface area contributed by atoms with E-state index in [0.717, 1.165) is 0 Å². The molecule has 0 radical (unpaired) electrons. The van der Waals surface area contributed by atoms with Gasteiger partial charge in [-0.15, -0.1) is 0 Å². The quantitative estimate of drug-likeness (QED) is 0.454. The summed E-state index contributed by atoms with van der Waals surface area (Å²) in [4.78, 5) is 33.5. The van der Waals surface area contributed by atoms with Crippen molar-refractivity contribution >= 4 is 17.7 Å². The number of fused-ring (bicyclic) bond motifs is 1. The number of ketones is 1. The monoisotopic (exact) mass is 249 g/mol. The van der Waals surface area contributed by atoms with E-state index in [9.17, 15) is 14.4 Å². The fourth-order valence-electron chi connectivity index (χ4n) is 1.71. The molecule has 2 N–H and O–H groups in total. The van der Waals surface area contributed by atoms with Gasteiger partial charge in [-0.2, -0.15) is 0 Å². The van der Waals surface area contributed by atoms with Crippen LogP contribution < -0.4 is 10.5 Å². The molecule has 0 spiro atoms. The van der Waals surface area contributed by atoms with E-state index in [1.807, 2.05) is 0 Å². The molecule has 0 saturated heterocycles. The summed E-state index contributed by atoms with van der Waals surface area (Å²) in [6.45, 7) is 0. The molecule has 1 aromatic carbocycles. The van der Waals surface area contributed by atoms with Gasteiger partial charge in [-0.3, -0.25) is 9.59 Å². The highest BCUT2D eigenvalue weighted by molar-refractivity contribution is 6.44. The normalized spacial score (nSPS) is 15.0. The molecule has 0 fully saturated rings. The van der Waals surface area contributed by atoms with Crippen molar-refractivity contribution in [1.29, 1.82) is 0 Å². The molecule has 94 valence electrons. The first-order valence-electron chi connectivity index (χ1n) is 5.25. The van der Waals surface area contributed by atoms with Crippen LogP contribution in [0, 0.1) is 0 Å². The van der Waals surface area contributed by atoms with Gasteiger partial charge in [0.2, 0.25) is 0 Å². The number of nitrogens with two attached hydrogens (primary N) is 1. The van der Waals surface area contributed by atoms with Crippen LogP contribution in [0.3, 0.4) is 0 Å². The van der Waals surface area contributed by atoms with Gasteiger partial charge in [0.15, 0.2) is 0 Å². The van der Waals surface area contributed by atoms with Gasteiger partial charge in [-0.1, -0.05) is 6.07 Å². The first kappa shape index (κ1) is 12.3. The smallest absolute Gasteiger partial charge is 0.385 e. The number of hydrogen-bond donors (Lipinski definition) is 1. The second-order valence-corrected chi connectivity index (χ2v) is 3.88. The van der Waals surface area contributed by atoms with Crippen molar-refractivity contribution in [3.8, 4) is 5.75 Å². The Morgan fingerprint density at radius 3 is 2.83 bits per heavy atom. The Morgan fingerprint density at radius 1 is 1.44 bits per heavy atom. The van der Waals surface area contributed by atoms with E-state index in [1.54, 1.807) is 6.07 Å². The Morgan fingerprint density at radius 2 is 2.17 bits per heavy atom. The Bertz CT molecular complexity index is 537. The van der Waals surface area contributed by atoms with Crippen LogP contribution in [0.2, 0.25) is 0 Å². The predicted molar refractivity (Wildman–Crippen MR) is 60.1 cm³/mol. The SMILES string of the molecule is COC(=O)[C@@H](N)Cc1ccc2c(c1)OC(=O)C2=O. The largest absolute Gasteiger partial charge is 0.468 e. The van der Waals surface area contributed by atoms with Gasteiger partial charge in [0.1, 0.15) is 11.8 Å². The summed E-state index contributed by atoms with van der Waals surface area (Å²) < 4.78 is 9.29. The highest BCUT2D eigenvalue weighted by Crippen LogP contribution is 2.27. The standard InChI is InChI=1S/C12H11NO5/c1-17-11(15)8(13)4-6-2-3-7-9(5-6)18-12(16)10(7)14/h2-3,5,8H,4,13H2,1H3/t8-/m0/s1. The highest BCUT2D eigenvalue weighted by atomic mass is 16.5. The number of hydrogen-bond acceptors (Lipinski definition) is 6. The molecule has 2 rings (SSSR count). The predicted octanol–water partition coefficient (Wildman–Crippen LogP) is -0.169. The van der Waals surface area contributed by atoms with Crippen LogP contribution in [0.15, 0.2) is 18.2 Å². The molecule has 18 heavy (non-hydrogen) atoms. The third kappa shape index (κ3) is 2.10. The Labute approximate surface area is 103 Å². The average Bonchev–Trinajstić information content (AvgIpc) is 2.63. The zero-order chi connectivity index (χ0) is 13.3. The van der Waals surface area contributed by atoms with Crippen molar-refractivity contribution in [2.75, 3.05) is 7.11 Å². The van der Waals surface area contributed by atoms with Crippen molar-refractivity contribution < 1.29 is 23.9 Å². The number of ether oxygens (including phenoxy) is 2. The summed E-state index contributed by atoms with van der Waals surface area (Å²) in [6, 6.07) is 3.85. The number of methoxy groups -OCH3 is 1. The molecule has 1 atom stereocenters. The second-order valence-electron chi connectivity index (χ2n) is 3.88. The molecule has 6 heteroatoms. The maximum absolute atomic E-state index is 11.3. The maximum Gasteiger partial charge on any atom is 0.385 e. The minimum Gasteiger partial charge on any atom is -0.468 e. The topological polar surface area (TPSA) is 95.7 Å².